The molecule has 1 aromatic heterocycles. The van der Waals surface area contributed by atoms with Gasteiger partial charge in [-0.2, -0.15) is 0 Å². The van der Waals surface area contributed by atoms with E-state index in [9.17, 15) is 0 Å². The smallest absolute Gasteiger partial charge is 0.128 e. The number of ether oxygens (including phenoxy) is 1. The second-order valence-corrected chi connectivity index (χ2v) is 4.66. The Morgan fingerprint density at radius 1 is 1.18 bits per heavy atom. The number of piperazine rings is 1. The Hall–Kier alpha value is -1.33. The maximum absolute atomic E-state index is 5.64. The van der Waals surface area contributed by atoms with Crippen LogP contribution in [-0.4, -0.2) is 55.3 Å². The second-order valence-electron chi connectivity index (χ2n) is 4.66. The fourth-order valence-electron chi connectivity index (χ4n) is 2.33. The largest absolute Gasteiger partial charge is 0.397 e. The fourth-order valence-corrected chi connectivity index (χ4v) is 2.33. The molecule has 2 saturated heterocycles. The van der Waals surface area contributed by atoms with Gasteiger partial charge < -0.3 is 15.4 Å². The van der Waals surface area contributed by atoms with E-state index in [1.165, 1.54) is 0 Å². The lowest BCUT2D eigenvalue weighted by Gasteiger charge is -2.42. The third-order valence-electron chi connectivity index (χ3n) is 3.55. The van der Waals surface area contributed by atoms with Gasteiger partial charge in [0.15, 0.2) is 0 Å². The van der Waals surface area contributed by atoms with Gasteiger partial charge in [0.1, 0.15) is 5.82 Å². The van der Waals surface area contributed by atoms with Crippen LogP contribution in [0.25, 0.3) is 0 Å². The Kier molecular flexibility index (Phi) is 2.86. The van der Waals surface area contributed by atoms with E-state index in [4.69, 9.17) is 10.5 Å². The van der Waals surface area contributed by atoms with E-state index in [0.717, 1.165) is 50.9 Å². The van der Waals surface area contributed by atoms with Crippen LogP contribution in [0.5, 0.6) is 0 Å². The van der Waals surface area contributed by atoms with Crippen molar-refractivity contribution < 1.29 is 4.74 Å². The van der Waals surface area contributed by atoms with E-state index in [1.54, 1.807) is 6.20 Å². The van der Waals surface area contributed by atoms with Crippen molar-refractivity contribution in [2.45, 2.75) is 6.04 Å². The van der Waals surface area contributed by atoms with Gasteiger partial charge in [-0.1, -0.05) is 0 Å². The summed E-state index contributed by atoms with van der Waals surface area (Å²) in [4.78, 5) is 9.19. The normalized spacial score (nSPS) is 22.5. The van der Waals surface area contributed by atoms with Gasteiger partial charge in [0.2, 0.25) is 0 Å². The van der Waals surface area contributed by atoms with Crippen LogP contribution in [0, 0.1) is 0 Å². The minimum atomic E-state index is 0.650. The molecule has 0 atom stereocenters. The van der Waals surface area contributed by atoms with Gasteiger partial charge in [-0.05, 0) is 12.1 Å². The minimum absolute atomic E-state index is 0.650. The van der Waals surface area contributed by atoms with E-state index >= 15 is 0 Å². The van der Waals surface area contributed by atoms with E-state index in [1.807, 2.05) is 12.1 Å². The fraction of sp³-hybridized carbons (Fsp3) is 0.583. The first-order valence-corrected chi connectivity index (χ1v) is 6.11. The Labute approximate surface area is 101 Å². The summed E-state index contributed by atoms with van der Waals surface area (Å²) >= 11 is 0. The zero-order valence-electron chi connectivity index (χ0n) is 9.88. The van der Waals surface area contributed by atoms with Crippen LogP contribution >= 0.6 is 0 Å². The predicted molar refractivity (Wildman–Crippen MR) is 67.0 cm³/mol. The summed E-state index contributed by atoms with van der Waals surface area (Å²) in [6, 6.07) is 4.56. The molecule has 2 aliphatic heterocycles. The van der Waals surface area contributed by atoms with Gasteiger partial charge in [-0.15, -0.1) is 0 Å². The molecule has 3 rings (SSSR count). The van der Waals surface area contributed by atoms with Crippen LogP contribution in [0.15, 0.2) is 18.3 Å². The summed E-state index contributed by atoms with van der Waals surface area (Å²) in [5.74, 6) is 1.03. The Balaban J connectivity index is 1.58. The standard InChI is InChI=1S/C12H18N4O/c13-10-1-2-12(14-7-10)16-5-3-15(4-6-16)11-8-17-9-11/h1-2,7,11H,3-6,8-9,13H2. The number of nitrogens with two attached hydrogens (primary N) is 1. The van der Waals surface area contributed by atoms with Crippen LogP contribution in [-0.2, 0) is 4.74 Å². The molecule has 3 heterocycles. The molecule has 92 valence electrons. The molecule has 0 amide bonds. The summed E-state index contributed by atoms with van der Waals surface area (Å²) < 4.78 is 5.23. The summed E-state index contributed by atoms with van der Waals surface area (Å²) in [6.45, 7) is 6.07. The number of nitrogen functional groups attached to an aromatic ring is 1. The second kappa shape index (κ2) is 4.50. The first kappa shape index (κ1) is 10.8. The van der Waals surface area contributed by atoms with Gasteiger partial charge >= 0.3 is 0 Å². The third-order valence-corrected chi connectivity index (χ3v) is 3.55. The van der Waals surface area contributed by atoms with Crippen LogP contribution < -0.4 is 10.6 Å². The SMILES string of the molecule is Nc1ccc(N2CCN(C3COC3)CC2)nc1. The molecule has 0 radical (unpaired) electrons. The van der Waals surface area contributed by atoms with Crippen LogP contribution in [0.4, 0.5) is 11.5 Å². The number of anilines is 2. The lowest BCUT2D eigenvalue weighted by molar-refractivity contribution is -0.0660. The van der Waals surface area contributed by atoms with Crippen molar-refractivity contribution in [3.63, 3.8) is 0 Å². The van der Waals surface area contributed by atoms with Crippen LogP contribution in [0.1, 0.15) is 0 Å². The van der Waals surface area contributed by atoms with Crippen molar-refractivity contribution >= 4 is 11.5 Å². The van der Waals surface area contributed by atoms with E-state index in [2.05, 4.69) is 14.8 Å². The molecule has 17 heavy (non-hydrogen) atoms. The molecule has 5 heteroatoms. The van der Waals surface area contributed by atoms with Crippen molar-refractivity contribution in [1.29, 1.82) is 0 Å². The highest BCUT2D eigenvalue weighted by molar-refractivity contribution is 5.46. The van der Waals surface area contributed by atoms with Gasteiger partial charge in [0.25, 0.3) is 0 Å². The zero-order valence-corrected chi connectivity index (χ0v) is 9.88. The molecule has 0 saturated carbocycles. The third kappa shape index (κ3) is 2.21. The topological polar surface area (TPSA) is 54.6 Å². The van der Waals surface area contributed by atoms with Crippen molar-refractivity contribution in [3.8, 4) is 0 Å². The van der Waals surface area contributed by atoms with Crippen molar-refractivity contribution in [2.75, 3.05) is 50.0 Å². The molecular weight excluding hydrogens is 216 g/mol. The van der Waals surface area contributed by atoms with E-state index < -0.39 is 0 Å². The molecule has 0 spiro atoms. The Morgan fingerprint density at radius 3 is 2.47 bits per heavy atom. The molecule has 0 unspecified atom stereocenters. The molecule has 2 fully saturated rings. The molecular formula is C12H18N4O. The molecule has 0 aliphatic carbocycles. The first-order valence-electron chi connectivity index (χ1n) is 6.11. The molecule has 0 aromatic carbocycles. The quantitative estimate of drug-likeness (QED) is 0.791. The van der Waals surface area contributed by atoms with Crippen molar-refractivity contribution in [2.24, 2.45) is 0 Å². The van der Waals surface area contributed by atoms with Gasteiger partial charge in [-0.25, -0.2) is 4.98 Å². The lowest BCUT2D eigenvalue weighted by Crippen LogP contribution is -2.56. The summed E-state index contributed by atoms with van der Waals surface area (Å²) in [7, 11) is 0. The highest BCUT2D eigenvalue weighted by Gasteiger charge is 2.28. The highest BCUT2D eigenvalue weighted by Crippen LogP contribution is 2.17. The van der Waals surface area contributed by atoms with Gasteiger partial charge in [0.05, 0.1) is 31.1 Å². The summed E-state index contributed by atoms with van der Waals surface area (Å²) in [6.07, 6.45) is 1.72. The monoisotopic (exact) mass is 234 g/mol. The number of pyridine rings is 1. The molecule has 2 aliphatic rings. The summed E-state index contributed by atoms with van der Waals surface area (Å²) in [5, 5.41) is 0. The minimum Gasteiger partial charge on any atom is -0.397 e. The predicted octanol–water partition coefficient (Wildman–Crippen LogP) is 0.185. The van der Waals surface area contributed by atoms with Crippen molar-refractivity contribution in [1.82, 2.24) is 9.88 Å². The number of aromatic nitrogens is 1. The van der Waals surface area contributed by atoms with E-state index in [-0.39, 0.29) is 0 Å². The molecule has 2 N–H and O–H groups in total. The summed E-state index contributed by atoms with van der Waals surface area (Å²) in [5.41, 5.74) is 6.36. The van der Waals surface area contributed by atoms with Gasteiger partial charge in [-0.3, -0.25) is 4.90 Å². The lowest BCUT2D eigenvalue weighted by atomic mass is 10.2. The number of rotatable bonds is 2. The number of hydrogen-bond acceptors (Lipinski definition) is 5. The maximum atomic E-state index is 5.64. The van der Waals surface area contributed by atoms with Crippen LogP contribution in [0.2, 0.25) is 0 Å². The average molecular weight is 234 g/mol. The first-order chi connectivity index (χ1) is 8.33. The van der Waals surface area contributed by atoms with Crippen molar-refractivity contribution in [3.05, 3.63) is 18.3 Å². The Morgan fingerprint density at radius 2 is 1.94 bits per heavy atom. The van der Waals surface area contributed by atoms with Gasteiger partial charge in [0, 0.05) is 26.2 Å². The molecule has 0 bridgehead atoms. The molecule has 5 nitrogen and oxygen atoms in total. The number of hydrogen-bond donors (Lipinski definition) is 1. The zero-order chi connectivity index (χ0) is 11.7. The maximum Gasteiger partial charge on any atom is 0.128 e. The highest BCUT2D eigenvalue weighted by atomic mass is 16.5. The number of nitrogens with zero attached hydrogens (tertiary/aromatic N) is 3. The molecule has 1 aromatic rings. The average Bonchev–Trinajstić information content (AvgIpc) is 2.29. The van der Waals surface area contributed by atoms with Crippen LogP contribution in [0.3, 0.4) is 0 Å². The van der Waals surface area contributed by atoms with E-state index in [0.29, 0.717) is 6.04 Å². The Bertz CT molecular complexity index is 369.